The first-order valence-electron chi connectivity index (χ1n) is 5.54. The van der Waals surface area contributed by atoms with E-state index in [1.54, 1.807) is 9.80 Å². The smallest absolute Gasteiger partial charge is 0.325 e. The highest BCUT2D eigenvalue weighted by atomic mass is 16.5. The van der Waals surface area contributed by atoms with Gasteiger partial charge in [0.05, 0.1) is 18.3 Å². The molecule has 86 valence electrons. The van der Waals surface area contributed by atoms with Crippen molar-refractivity contribution in [1.82, 2.24) is 4.90 Å². The molecule has 2 heterocycles. The molecule has 0 aromatic heterocycles. The molecule has 0 saturated carbocycles. The first kappa shape index (κ1) is 10.0. The number of fused-ring (bicyclic) bond motifs is 3. The van der Waals surface area contributed by atoms with Gasteiger partial charge < -0.3 is 9.64 Å². The topological polar surface area (TPSA) is 32.8 Å². The molecule has 4 nitrogen and oxygen atoms in total. The number of carbonyl (C=O) groups excluding carboxylic acids is 1. The molecule has 0 N–H and O–H groups in total. The molecule has 1 unspecified atom stereocenters. The third-order valence-corrected chi connectivity index (χ3v) is 3.11. The molecular formula is C13H12N2O2. The molecule has 0 bridgehead atoms. The molecule has 17 heavy (non-hydrogen) atoms. The van der Waals surface area contributed by atoms with Gasteiger partial charge in [-0.05, 0) is 12.1 Å². The van der Waals surface area contributed by atoms with Gasteiger partial charge in [0, 0.05) is 6.54 Å². The number of amides is 2. The molecule has 2 amide bonds. The summed E-state index contributed by atoms with van der Waals surface area (Å²) in [5, 5.41) is 0. The number of para-hydroxylation sites is 2. The molecular weight excluding hydrogens is 216 g/mol. The van der Waals surface area contributed by atoms with Crippen molar-refractivity contribution in [3.63, 3.8) is 0 Å². The molecule has 4 heteroatoms. The molecule has 0 spiro atoms. The SMILES string of the molecule is C#CCN1CC2COc3ccccc3N2C1=O. The average molecular weight is 228 g/mol. The van der Waals surface area contributed by atoms with E-state index >= 15 is 0 Å². The van der Waals surface area contributed by atoms with Crippen LogP contribution in [0.2, 0.25) is 0 Å². The third-order valence-electron chi connectivity index (χ3n) is 3.11. The molecule has 1 fully saturated rings. The Labute approximate surface area is 99.8 Å². The monoisotopic (exact) mass is 228 g/mol. The zero-order valence-electron chi connectivity index (χ0n) is 9.30. The van der Waals surface area contributed by atoms with Crippen LogP contribution in [-0.4, -0.2) is 36.7 Å². The van der Waals surface area contributed by atoms with Crippen LogP contribution >= 0.6 is 0 Å². The van der Waals surface area contributed by atoms with Gasteiger partial charge in [0.25, 0.3) is 0 Å². The minimum absolute atomic E-state index is 0.0244. The lowest BCUT2D eigenvalue weighted by molar-refractivity contribution is 0.225. The summed E-state index contributed by atoms with van der Waals surface area (Å²) in [6, 6.07) is 7.64. The summed E-state index contributed by atoms with van der Waals surface area (Å²) < 4.78 is 5.64. The zero-order chi connectivity index (χ0) is 11.8. The standard InChI is InChI=1S/C13H12N2O2/c1-2-7-14-8-10-9-17-12-6-4-3-5-11(12)15(10)13(14)16/h1,3-6,10H,7-9H2. The van der Waals surface area contributed by atoms with E-state index < -0.39 is 0 Å². The number of rotatable bonds is 1. The van der Waals surface area contributed by atoms with Gasteiger partial charge in [-0.25, -0.2) is 4.79 Å². The Balaban J connectivity index is 1.98. The van der Waals surface area contributed by atoms with Crippen molar-refractivity contribution in [2.75, 3.05) is 24.6 Å². The number of anilines is 1. The third kappa shape index (κ3) is 1.43. The highest BCUT2D eigenvalue weighted by molar-refractivity contribution is 5.97. The minimum Gasteiger partial charge on any atom is -0.489 e. The Hall–Kier alpha value is -2.15. The molecule has 1 aromatic carbocycles. The lowest BCUT2D eigenvalue weighted by atomic mass is 10.2. The average Bonchev–Trinajstić information content (AvgIpc) is 2.67. The molecule has 1 atom stereocenters. The van der Waals surface area contributed by atoms with Crippen molar-refractivity contribution in [2.24, 2.45) is 0 Å². The maximum atomic E-state index is 12.2. The predicted octanol–water partition coefficient (Wildman–Crippen LogP) is 1.32. The van der Waals surface area contributed by atoms with Gasteiger partial charge in [-0.15, -0.1) is 6.42 Å². The second-order valence-corrected chi connectivity index (χ2v) is 4.17. The number of nitrogens with zero attached hydrogens (tertiary/aromatic N) is 2. The van der Waals surface area contributed by atoms with Crippen molar-refractivity contribution < 1.29 is 9.53 Å². The van der Waals surface area contributed by atoms with E-state index in [-0.39, 0.29) is 12.1 Å². The Morgan fingerprint density at radius 1 is 1.47 bits per heavy atom. The van der Waals surface area contributed by atoms with Gasteiger partial charge in [-0.1, -0.05) is 18.1 Å². The highest BCUT2D eigenvalue weighted by Crippen LogP contribution is 2.36. The summed E-state index contributed by atoms with van der Waals surface area (Å²) in [6.07, 6.45) is 5.26. The van der Waals surface area contributed by atoms with Crippen molar-refractivity contribution >= 4 is 11.7 Å². The van der Waals surface area contributed by atoms with Crippen LogP contribution in [0.1, 0.15) is 0 Å². The molecule has 2 aliphatic rings. The zero-order valence-corrected chi connectivity index (χ0v) is 9.30. The Bertz CT molecular complexity index is 506. The normalized spacial score (nSPS) is 21.6. The number of benzene rings is 1. The van der Waals surface area contributed by atoms with Crippen molar-refractivity contribution in [2.45, 2.75) is 6.04 Å². The molecule has 3 rings (SSSR count). The van der Waals surface area contributed by atoms with Crippen molar-refractivity contribution in [3.8, 4) is 18.1 Å². The fourth-order valence-corrected chi connectivity index (χ4v) is 2.36. The summed E-state index contributed by atoms with van der Waals surface area (Å²) in [5.74, 6) is 3.27. The Morgan fingerprint density at radius 3 is 3.12 bits per heavy atom. The highest BCUT2D eigenvalue weighted by Gasteiger charge is 2.41. The number of carbonyl (C=O) groups is 1. The summed E-state index contributed by atoms with van der Waals surface area (Å²) in [6.45, 7) is 1.52. The molecule has 2 aliphatic heterocycles. The van der Waals surface area contributed by atoms with Crippen LogP contribution in [0, 0.1) is 12.3 Å². The van der Waals surface area contributed by atoms with Crippen LogP contribution in [0.3, 0.4) is 0 Å². The van der Waals surface area contributed by atoms with Crippen molar-refractivity contribution in [3.05, 3.63) is 24.3 Å². The molecule has 0 radical (unpaired) electrons. The van der Waals surface area contributed by atoms with Gasteiger partial charge in [0.15, 0.2) is 0 Å². The first-order valence-corrected chi connectivity index (χ1v) is 5.54. The number of hydrogen-bond donors (Lipinski definition) is 0. The molecule has 1 saturated heterocycles. The van der Waals surface area contributed by atoms with Crippen molar-refractivity contribution in [1.29, 1.82) is 0 Å². The van der Waals surface area contributed by atoms with E-state index in [1.165, 1.54) is 0 Å². The van der Waals surface area contributed by atoms with E-state index in [1.807, 2.05) is 24.3 Å². The Kier molecular flexibility index (Phi) is 2.19. The maximum absolute atomic E-state index is 12.2. The number of ether oxygens (including phenoxy) is 1. The summed E-state index contributed by atoms with van der Waals surface area (Å²) >= 11 is 0. The van der Waals surface area contributed by atoms with E-state index in [0.717, 1.165) is 11.4 Å². The summed E-state index contributed by atoms with van der Waals surface area (Å²) in [7, 11) is 0. The lowest BCUT2D eigenvalue weighted by Crippen LogP contribution is -2.41. The number of hydrogen-bond acceptors (Lipinski definition) is 2. The van der Waals surface area contributed by atoms with E-state index in [4.69, 9.17) is 11.2 Å². The van der Waals surface area contributed by atoms with Crippen LogP contribution in [-0.2, 0) is 0 Å². The maximum Gasteiger partial charge on any atom is 0.325 e. The van der Waals surface area contributed by atoms with Gasteiger partial charge in [-0.3, -0.25) is 4.90 Å². The first-order chi connectivity index (χ1) is 8.31. The number of terminal acetylenes is 1. The van der Waals surface area contributed by atoms with Crippen LogP contribution in [0.15, 0.2) is 24.3 Å². The van der Waals surface area contributed by atoms with E-state index in [2.05, 4.69) is 5.92 Å². The van der Waals surface area contributed by atoms with Gasteiger partial charge in [0.1, 0.15) is 12.4 Å². The summed E-state index contributed by atoms with van der Waals surface area (Å²) in [5.41, 5.74) is 0.841. The molecule has 0 aliphatic carbocycles. The quantitative estimate of drug-likeness (QED) is 0.679. The van der Waals surface area contributed by atoms with Crippen LogP contribution in [0.25, 0.3) is 0 Å². The predicted molar refractivity (Wildman–Crippen MR) is 64.0 cm³/mol. The lowest BCUT2D eigenvalue weighted by Gasteiger charge is -2.30. The van der Waals surface area contributed by atoms with Gasteiger partial charge >= 0.3 is 6.03 Å². The second-order valence-electron chi connectivity index (χ2n) is 4.17. The minimum atomic E-state index is -0.0244. The fraction of sp³-hybridized carbons (Fsp3) is 0.308. The van der Waals surface area contributed by atoms with Crippen LogP contribution in [0.4, 0.5) is 10.5 Å². The Morgan fingerprint density at radius 2 is 2.29 bits per heavy atom. The van der Waals surface area contributed by atoms with E-state index in [9.17, 15) is 4.79 Å². The largest absolute Gasteiger partial charge is 0.489 e. The fourth-order valence-electron chi connectivity index (χ4n) is 2.36. The van der Waals surface area contributed by atoms with Crippen LogP contribution in [0.5, 0.6) is 5.75 Å². The van der Waals surface area contributed by atoms with Gasteiger partial charge in [0.2, 0.25) is 0 Å². The van der Waals surface area contributed by atoms with Gasteiger partial charge in [-0.2, -0.15) is 0 Å². The number of urea groups is 1. The van der Waals surface area contributed by atoms with Crippen LogP contribution < -0.4 is 9.64 Å². The van der Waals surface area contributed by atoms with E-state index in [0.29, 0.717) is 19.7 Å². The second kappa shape index (κ2) is 3.70. The summed E-state index contributed by atoms with van der Waals surface area (Å²) in [4.78, 5) is 15.7. The molecule has 1 aromatic rings.